The molecule has 9 nitrogen and oxygen atoms in total. The van der Waals surface area contributed by atoms with Crippen LogP contribution >= 0.6 is 0 Å². The maximum atomic E-state index is 12.2. The summed E-state index contributed by atoms with van der Waals surface area (Å²) in [6.07, 6.45) is 2.45. The molecule has 0 aliphatic heterocycles. The van der Waals surface area contributed by atoms with E-state index in [1.54, 1.807) is 54.6 Å². The van der Waals surface area contributed by atoms with Crippen LogP contribution < -0.4 is 19.8 Å². The number of nitrogens with one attached hydrogen (secondary N) is 2. The molecule has 0 atom stereocenters. The van der Waals surface area contributed by atoms with E-state index in [-0.39, 0.29) is 18.6 Å². The minimum absolute atomic E-state index is 0.0436. The number of ether oxygens (including phenoxy) is 1. The molecule has 0 aliphatic rings. The van der Waals surface area contributed by atoms with Gasteiger partial charge in [-0.1, -0.05) is 18.2 Å². The Bertz CT molecular complexity index is 1010. The van der Waals surface area contributed by atoms with Crippen molar-refractivity contribution in [2.45, 2.75) is 19.9 Å². The first-order chi connectivity index (χ1) is 14.6. The molecule has 0 aliphatic carbocycles. The first-order valence-electron chi connectivity index (χ1n) is 9.52. The lowest BCUT2D eigenvalue weighted by Crippen LogP contribution is -2.38. The average molecular weight is 447 g/mol. The van der Waals surface area contributed by atoms with Crippen LogP contribution in [0.5, 0.6) is 5.75 Å². The Labute approximate surface area is 182 Å². The predicted molar refractivity (Wildman–Crippen MR) is 120 cm³/mol. The number of nitrogens with zero attached hydrogens (tertiary/aromatic N) is 2. The fourth-order valence-electron chi connectivity index (χ4n) is 2.50. The fraction of sp³-hybridized carbons (Fsp3) is 0.286. The molecule has 0 bridgehead atoms. The molecule has 0 fully saturated rings. The highest BCUT2D eigenvalue weighted by molar-refractivity contribution is 7.92. The van der Waals surface area contributed by atoms with Crippen molar-refractivity contribution in [1.29, 1.82) is 0 Å². The largest absolute Gasteiger partial charge is 0.484 e. The molecule has 0 spiro atoms. The Hall–Kier alpha value is -3.40. The average Bonchev–Trinajstić information content (AvgIpc) is 2.71. The molecule has 2 amide bonds. The molecule has 0 saturated heterocycles. The van der Waals surface area contributed by atoms with Crippen molar-refractivity contribution in [1.82, 2.24) is 10.7 Å². The number of carbonyl (C=O) groups is 2. The van der Waals surface area contributed by atoms with Crippen molar-refractivity contribution < 1.29 is 22.7 Å². The summed E-state index contributed by atoms with van der Waals surface area (Å²) in [6.45, 7) is 3.25. The van der Waals surface area contributed by atoms with Gasteiger partial charge in [0.25, 0.3) is 11.8 Å². The van der Waals surface area contributed by atoms with E-state index < -0.39 is 22.5 Å². The molecule has 0 saturated carbocycles. The molecule has 2 N–H and O–H groups in total. The van der Waals surface area contributed by atoms with Crippen LogP contribution in [0.2, 0.25) is 0 Å². The quantitative estimate of drug-likeness (QED) is 0.424. The molecule has 2 rings (SSSR count). The van der Waals surface area contributed by atoms with E-state index in [1.807, 2.05) is 13.8 Å². The topological polar surface area (TPSA) is 117 Å². The van der Waals surface area contributed by atoms with Gasteiger partial charge in [0.05, 0.1) is 18.2 Å². The molecule has 2 aromatic rings. The number of hydrazone groups is 1. The second-order valence-electron chi connectivity index (χ2n) is 6.98. The first-order valence-corrected chi connectivity index (χ1v) is 11.4. The molecule has 10 heteroatoms. The summed E-state index contributed by atoms with van der Waals surface area (Å²) in [6, 6.07) is 15.1. The minimum atomic E-state index is -3.64. The highest BCUT2D eigenvalue weighted by Gasteiger charge is 2.20. The van der Waals surface area contributed by atoms with Crippen molar-refractivity contribution in [2.75, 3.05) is 23.7 Å². The normalized spacial score (nSPS) is 11.4. The molecule has 0 unspecified atom stereocenters. The zero-order valence-electron chi connectivity index (χ0n) is 17.6. The molecule has 0 radical (unpaired) electrons. The minimum Gasteiger partial charge on any atom is -0.484 e. The zero-order valence-corrected chi connectivity index (χ0v) is 18.4. The summed E-state index contributed by atoms with van der Waals surface area (Å²) in [5.41, 5.74) is 3.39. The van der Waals surface area contributed by atoms with Gasteiger partial charge >= 0.3 is 0 Å². The van der Waals surface area contributed by atoms with Gasteiger partial charge < -0.3 is 10.1 Å². The molecular formula is C21H26N4O5S. The van der Waals surface area contributed by atoms with Gasteiger partial charge in [0, 0.05) is 6.04 Å². The van der Waals surface area contributed by atoms with E-state index in [4.69, 9.17) is 4.74 Å². The van der Waals surface area contributed by atoms with Gasteiger partial charge in [0.1, 0.15) is 12.3 Å². The lowest BCUT2D eigenvalue weighted by molar-refractivity contribution is -0.123. The van der Waals surface area contributed by atoms with Crippen LogP contribution in [0, 0.1) is 0 Å². The number of hydrogen-bond acceptors (Lipinski definition) is 6. The van der Waals surface area contributed by atoms with Crippen LogP contribution in [0.15, 0.2) is 59.7 Å². The number of anilines is 1. The van der Waals surface area contributed by atoms with Crippen molar-refractivity contribution in [3.63, 3.8) is 0 Å². The van der Waals surface area contributed by atoms with E-state index in [9.17, 15) is 18.0 Å². The van der Waals surface area contributed by atoms with Crippen LogP contribution in [0.4, 0.5) is 5.69 Å². The third-order valence-corrected chi connectivity index (χ3v) is 4.97. The van der Waals surface area contributed by atoms with Crippen molar-refractivity contribution in [3.8, 4) is 5.75 Å². The van der Waals surface area contributed by atoms with Crippen LogP contribution in [0.3, 0.4) is 0 Å². The number of hydrogen-bond donors (Lipinski definition) is 2. The fourth-order valence-corrected chi connectivity index (χ4v) is 3.36. The highest BCUT2D eigenvalue weighted by Crippen LogP contribution is 2.16. The van der Waals surface area contributed by atoms with E-state index in [0.717, 1.165) is 10.6 Å². The second kappa shape index (κ2) is 11.1. The first kappa shape index (κ1) is 23.9. The Morgan fingerprint density at radius 1 is 1.06 bits per heavy atom. The van der Waals surface area contributed by atoms with Crippen molar-refractivity contribution in [3.05, 3.63) is 60.2 Å². The third-order valence-electron chi connectivity index (χ3n) is 3.83. The van der Waals surface area contributed by atoms with Crippen LogP contribution in [-0.2, 0) is 19.6 Å². The molecule has 2 aromatic carbocycles. The molecule has 0 heterocycles. The summed E-state index contributed by atoms with van der Waals surface area (Å²) in [5, 5.41) is 6.59. The summed E-state index contributed by atoms with van der Waals surface area (Å²) in [4.78, 5) is 23.7. The van der Waals surface area contributed by atoms with Crippen LogP contribution in [0.25, 0.3) is 0 Å². The summed E-state index contributed by atoms with van der Waals surface area (Å²) >= 11 is 0. The Morgan fingerprint density at radius 3 is 2.29 bits per heavy atom. The Morgan fingerprint density at radius 2 is 1.71 bits per heavy atom. The highest BCUT2D eigenvalue weighted by atomic mass is 32.2. The van der Waals surface area contributed by atoms with E-state index >= 15 is 0 Å². The number of sulfonamides is 1. The molecule has 31 heavy (non-hydrogen) atoms. The Kier molecular flexibility index (Phi) is 8.56. The van der Waals surface area contributed by atoms with Crippen molar-refractivity contribution >= 4 is 33.7 Å². The summed E-state index contributed by atoms with van der Waals surface area (Å²) in [7, 11) is -3.64. The van der Waals surface area contributed by atoms with Crippen molar-refractivity contribution in [2.24, 2.45) is 5.10 Å². The number of carbonyl (C=O) groups excluding carboxylic acids is 2. The maximum absolute atomic E-state index is 12.2. The monoisotopic (exact) mass is 446 g/mol. The van der Waals surface area contributed by atoms with Gasteiger partial charge in [0.15, 0.2) is 6.61 Å². The number of para-hydroxylation sites is 1. The number of rotatable bonds is 10. The van der Waals surface area contributed by atoms with Gasteiger partial charge in [-0.2, -0.15) is 5.10 Å². The van der Waals surface area contributed by atoms with Gasteiger partial charge in [-0.05, 0) is 55.8 Å². The van der Waals surface area contributed by atoms with Gasteiger partial charge in [-0.3, -0.25) is 13.9 Å². The maximum Gasteiger partial charge on any atom is 0.260 e. The number of benzene rings is 2. The standard InChI is InChI=1S/C21H26N4O5S/c1-16(2)23-21(27)15-30-19-11-9-17(10-12-19)13-22-24-20(26)14-25(31(3,28)29)18-7-5-4-6-8-18/h4-13,16H,14-15H2,1-3H3,(H,23,27)(H,24,26)/b22-13-. The lowest BCUT2D eigenvalue weighted by atomic mass is 10.2. The van der Waals surface area contributed by atoms with Gasteiger partial charge in [0.2, 0.25) is 10.0 Å². The molecule has 166 valence electrons. The third kappa shape index (κ3) is 8.47. The van der Waals surface area contributed by atoms with E-state index in [2.05, 4.69) is 15.8 Å². The molecule has 0 aromatic heterocycles. The summed E-state index contributed by atoms with van der Waals surface area (Å²) < 4.78 is 30.4. The predicted octanol–water partition coefficient (Wildman–Crippen LogP) is 1.51. The summed E-state index contributed by atoms with van der Waals surface area (Å²) in [5.74, 6) is -0.268. The van der Waals surface area contributed by atoms with E-state index in [0.29, 0.717) is 17.0 Å². The molecular weight excluding hydrogens is 420 g/mol. The van der Waals surface area contributed by atoms with Crippen LogP contribution in [-0.4, -0.2) is 51.9 Å². The van der Waals surface area contributed by atoms with Gasteiger partial charge in [-0.15, -0.1) is 0 Å². The Balaban J connectivity index is 1.88. The number of amides is 2. The lowest BCUT2D eigenvalue weighted by Gasteiger charge is -2.21. The van der Waals surface area contributed by atoms with Gasteiger partial charge in [-0.25, -0.2) is 13.8 Å². The SMILES string of the molecule is CC(C)NC(=O)COc1ccc(/C=N\NC(=O)CN(c2ccccc2)S(C)(=O)=O)cc1. The zero-order chi connectivity index (χ0) is 22.9. The van der Waals surface area contributed by atoms with Crippen LogP contribution in [0.1, 0.15) is 19.4 Å². The second-order valence-corrected chi connectivity index (χ2v) is 8.89. The van der Waals surface area contributed by atoms with E-state index in [1.165, 1.54) is 6.21 Å². The smallest absolute Gasteiger partial charge is 0.260 e.